The molecule has 1 atom stereocenters. The van der Waals surface area contributed by atoms with E-state index in [0.29, 0.717) is 22.2 Å². The van der Waals surface area contributed by atoms with Gasteiger partial charge in [0.2, 0.25) is 0 Å². The second-order valence-electron chi connectivity index (χ2n) is 4.95. The van der Waals surface area contributed by atoms with Crippen molar-refractivity contribution in [2.75, 3.05) is 18.9 Å². The predicted molar refractivity (Wildman–Crippen MR) is 76.3 cm³/mol. The number of amides is 1. The Labute approximate surface area is 118 Å². The molecule has 1 aliphatic rings. The molecule has 0 radical (unpaired) electrons. The number of hydrogen-bond acceptors (Lipinski definition) is 3. The Morgan fingerprint density at radius 3 is 2.79 bits per heavy atom. The Kier molecular flexibility index (Phi) is 4.66. The topological polar surface area (TPSA) is 64.4 Å². The highest BCUT2D eigenvalue weighted by atomic mass is 35.5. The Bertz CT molecular complexity index is 459. The number of carbonyl (C=O) groups excluding carboxylic acids is 1. The molecule has 19 heavy (non-hydrogen) atoms. The highest BCUT2D eigenvalue weighted by molar-refractivity contribution is 6.33. The van der Waals surface area contributed by atoms with Gasteiger partial charge in [-0.25, -0.2) is 0 Å². The number of nitrogens with two attached hydrogens (primary N) is 1. The molecule has 1 amide bonds. The molecule has 1 aromatic rings. The van der Waals surface area contributed by atoms with Crippen molar-refractivity contribution in [3.8, 4) is 0 Å². The molecule has 1 aromatic carbocycles. The maximum atomic E-state index is 12.1. The molecule has 1 saturated heterocycles. The van der Waals surface area contributed by atoms with Gasteiger partial charge in [0.05, 0.1) is 10.7 Å². The number of halogens is 1. The Hall–Kier alpha value is -1.26. The van der Waals surface area contributed by atoms with Gasteiger partial charge in [0.25, 0.3) is 5.91 Å². The molecule has 0 aromatic heterocycles. The Morgan fingerprint density at radius 2 is 2.16 bits per heavy atom. The van der Waals surface area contributed by atoms with Crippen LogP contribution in [0.25, 0.3) is 0 Å². The summed E-state index contributed by atoms with van der Waals surface area (Å²) in [7, 11) is 0. The minimum Gasteiger partial charge on any atom is -0.398 e. The predicted octanol–water partition coefficient (Wildman–Crippen LogP) is 2.47. The van der Waals surface area contributed by atoms with Crippen LogP contribution >= 0.6 is 11.6 Å². The van der Waals surface area contributed by atoms with Gasteiger partial charge in [-0.15, -0.1) is 0 Å². The summed E-state index contributed by atoms with van der Waals surface area (Å²) in [5.74, 6) is 0.365. The van der Waals surface area contributed by atoms with Gasteiger partial charge in [-0.05, 0) is 43.9 Å². The zero-order valence-electron chi connectivity index (χ0n) is 11.0. The normalized spacial score (nSPS) is 18.0. The fourth-order valence-corrected chi connectivity index (χ4v) is 2.43. The molecule has 0 saturated carbocycles. The molecule has 0 bridgehead atoms. The van der Waals surface area contributed by atoms with Crippen molar-refractivity contribution in [2.24, 2.45) is 5.92 Å². The largest absolute Gasteiger partial charge is 0.398 e. The van der Waals surface area contributed by atoms with E-state index in [1.54, 1.807) is 18.2 Å². The van der Waals surface area contributed by atoms with E-state index in [1.807, 2.05) is 6.92 Å². The number of anilines is 1. The van der Waals surface area contributed by atoms with Crippen LogP contribution in [0.2, 0.25) is 5.02 Å². The van der Waals surface area contributed by atoms with Gasteiger partial charge in [-0.1, -0.05) is 11.6 Å². The van der Waals surface area contributed by atoms with Gasteiger partial charge < -0.3 is 15.8 Å². The third kappa shape index (κ3) is 3.61. The molecule has 1 heterocycles. The van der Waals surface area contributed by atoms with E-state index in [1.165, 1.54) is 0 Å². The van der Waals surface area contributed by atoms with Crippen LogP contribution in [0.15, 0.2) is 18.2 Å². The van der Waals surface area contributed by atoms with Crippen molar-refractivity contribution < 1.29 is 9.53 Å². The highest BCUT2D eigenvalue weighted by Crippen LogP contribution is 2.21. The molecule has 5 heteroatoms. The van der Waals surface area contributed by atoms with Crippen LogP contribution in [0.3, 0.4) is 0 Å². The van der Waals surface area contributed by atoms with Crippen LogP contribution < -0.4 is 11.1 Å². The number of rotatable bonds is 3. The van der Waals surface area contributed by atoms with Gasteiger partial charge in [0, 0.05) is 24.8 Å². The standard InChI is InChI=1S/C14H19ClN2O2/c1-9(10-4-6-19-7-5-10)17-14(18)11-2-3-12(15)13(16)8-11/h2-3,8-10H,4-7,16H2,1H3,(H,17,18). The average molecular weight is 283 g/mol. The Balaban J connectivity index is 1.97. The lowest BCUT2D eigenvalue weighted by atomic mass is 9.93. The van der Waals surface area contributed by atoms with E-state index in [4.69, 9.17) is 22.1 Å². The van der Waals surface area contributed by atoms with Crippen LogP contribution in [0, 0.1) is 5.92 Å². The highest BCUT2D eigenvalue weighted by Gasteiger charge is 2.22. The lowest BCUT2D eigenvalue weighted by molar-refractivity contribution is 0.0538. The van der Waals surface area contributed by atoms with E-state index in [2.05, 4.69) is 5.32 Å². The number of nitrogen functional groups attached to an aromatic ring is 1. The molecular formula is C14H19ClN2O2. The summed E-state index contributed by atoms with van der Waals surface area (Å²) in [4.78, 5) is 12.1. The molecule has 0 spiro atoms. The number of benzene rings is 1. The second kappa shape index (κ2) is 6.26. The molecule has 1 unspecified atom stereocenters. The molecule has 4 nitrogen and oxygen atoms in total. The van der Waals surface area contributed by atoms with E-state index >= 15 is 0 Å². The molecule has 1 aliphatic heterocycles. The van der Waals surface area contributed by atoms with Gasteiger partial charge >= 0.3 is 0 Å². The number of carbonyl (C=O) groups is 1. The molecule has 3 N–H and O–H groups in total. The van der Waals surface area contributed by atoms with Crippen molar-refractivity contribution in [3.05, 3.63) is 28.8 Å². The third-order valence-corrected chi connectivity index (χ3v) is 3.93. The maximum Gasteiger partial charge on any atom is 0.251 e. The van der Waals surface area contributed by atoms with Crippen LogP contribution in [0.1, 0.15) is 30.1 Å². The summed E-state index contributed by atoms with van der Waals surface area (Å²) in [6.07, 6.45) is 1.98. The number of hydrogen-bond donors (Lipinski definition) is 2. The zero-order chi connectivity index (χ0) is 13.8. The fraction of sp³-hybridized carbons (Fsp3) is 0.500. The van der Waals surface area contributed by atoms with Crippen molar-refractivity contribution >= 4 is 23.2 Å². The second-order valence-corrected chi connectivity index (χ2v) is 5.36. The Morgan fingerprint density at radius 1 is 1.47 bits per heavy atom. The molecule has 2 rings (SSSR count). The third-order valence-electron chi connectivity index (χ3n) is 3.59. The van der Waals surface area contributed by atoms with Gasteiger partial charge in [-0.3, -0.25) is 4.79 Å². The molecular weight excluding hydrogens is 264 g/mol. The van der Waals surface area contributed by atoms with Crippen molar-refractivity contribution in [1.82, 2.24) is 5.32 Å². The first-order valence-corrected chi connectivity index (χ1v) is 6.89. The smallest absolute Gasteiger partial charge is 0.251 e. The first-order chi connectivity index (χ1) is 9.08. The number of nitrogens with one attached hydrogen (secondary N) is 1. The lowest BCUT2D eigenvalue weighted by Crippen LogP contribution is -2.40. The van der Waals surface area contributed by atoms with Crippen molar-refractivity contribution in [1.29, 1.82) is 0 Å². The zero-order valence-corrected chi connectivity index (χ0v) is 11.7. The van der Waals surface area contributed by atoms with Gasteiger partial charge in [0.15, 0.2) is 0 Å². The van der Waals surface area contributed by atoms with E-state index in [0.717, 1.165) is 26.1 Å². The summed E-state index contributed by atoms with van der Waals surface area (Å²) < 4.78 is 5.32. The van der Waals surface area contributed by atoms with Crippen LogP contribution in [0.4, 0.5) is 5.69 Å². The van der Waals surface area contributed by atoms with Gasteiger partial charge in [0.1, 0.15) is 0 Å². The minimum absolute atomic E-state index is 0.109. The molecule has 0 aliphatic carbocycles. The monoisotopic (exact) mass is 282 g/mol. The number of ether oxygens (including phenoxy) is 1. The van der Waals surface area contributed by atoms with E-state index in [9.17, 15) is 4.79 Å². The fourth-order valence-electron chi connectivity index (χ4n) is 2.31. The van der Waals surface area contributed by atoms with Crippen LogP contribution in [-0.2, 0) is 4.74 Å². The average Bonchev–Trinajstić information content (AvgIpc) is 2.42. The van der Waals surface area contributed by atoms with Crippen LogP contribution in [-0.4, -0.2) is 25.2 Å². The van der Waals surface area contributed by atoms with Crippen LogP contribution in [0.5, 0.6) is 0 Å². The summed E-state index contributed by atoms with van der Waals surface area (Å²) >= 11 is 5.84. The van der Waals surface area contributed by atoms with Crippen molar-refractivity contribution in [2.45, 2.75) is 25.8 Å². The lowest BCUT2D eigenvalue weighted by Gasteiger charge is -2.28. The summed E-state index contributed by atoms with van der Waals surface area (Å²) in [6, 6.07) is 5.07. The SMILES string of the molecule is CC(NC(=O)c1ccc(Cl)c(N)c1)C1CCOCC1. The summed E-state index contributed by atoms with van der Waals surface area (Å²) in [5, 5.41) is 3.49. The molecule has 104 valence electrons. The van der Waals surface area contributed by atoms with E-state index in [-0.39, 0.29) is 11.9 Å². The minimum atomic E-state index is -0.109. The van der Waals surface area contributed by atoms with E-state index < -0.39 is 0 Å². The quantitative estimate of drug-likeness (QED) is 0.837. The summed E-state index contributed by atoms with van der Waals surface area (Å²) in [6.45, 7) is 3.59. The van der Waals surface area contributed by atoms with Gasteiger partial charge in [-0.2, -0.15) is 0 Å². The first-order valence-electron chi connectivity index (χ1n) is 6.51. The van der Waals surface area contributed by atoms with Crippen molar-refractivity contribution in [3.63, 3.8) is 0 Å². The molecule has 1 fully saturated rings. The first kappa shape index (κ1) is 14.2. The summed E-state index contributed by atoms with van der Waals surface area (Å²) in [5.41, 5.74) is 6.67. The maximum absolute atomic E-state index is 12.1.